The minimum atomic E-state index is -0.223. The topological polar surface area (TPSA) is 71.3 Å². The standard InChI is InChI=1S/C19H17ClN4O2/c20-14-8-4-9-15(12-14)21-19(25)24-11-5-10-16(24)18-22-17(23-26-18)13-6-2-1-3-7-13/h1-4,6-9,12,16H,5,10-11H2,(H,21,25). The summed E-state index contributed by atoms with van der Waals surface area (Å²) < 4.78 is 5.45. The lowest BCUT2D eigenvalue weighted by Crippen LogP contribution is -2.34. The van der Waals surface area contributed by atoms with Gasteiger partial charge in [-0.2, -0.15) is 4.98 Å². The number of halogens is 1. The van der Waals surface area contributed by atoms with Crippen LogP contribution >= 0.6 is 11.6 Å². The van der Waals surface area contributed by atoms with Crippen molar-refractivity contribution in [3.8, 4) is 11.4 Å². The Kier molecular flexibility index (Phi) is 4.58. The van der Waals surface area contributed by atoms with Crippen LogP contribution in [0.2, 0.25) is 5.02 Å². The summed E-state index contributed by atoms with van der Waals surface area (Å²) in [7, 11) is 0. The van der Waals surface area contributed by atoms with Crippen LogP contribution in [-0.4, -0.2) is 27.6 Å². The van der Waals surface area contributed by atoms with Crippen molar-refractivity contribution in [2.24, 2.45) is 0 Å². The fraction of sp³-hybridized carbons (Fsp3) is 0.211. The van der Waals surface area contributed by atoms with Crippen molar-refractivity contribution in [2.45, 2.75) is 18.9 Å². The van der Waals surface area contributed by atoms with Crippen LogP contribution < -0.4 is 5.32 Å². The van der Waals surface area contributed by atoms with Crippen LogP contribution in [0.5, 0.6) is 0 Å². The van der Waals surface area contributed by atoms with Gasteiger partial charge in [0.15, 0.2) is 0 Å². The Morgan fingerprint density at radius 3 is 2.85 bits per heavy atom. The Hall–Kier alpha value is -2.86. The highest BCUT2D eigenvalue weighted by Crippen LogP contribution is 2.32. The summed E-state index contributed by atoms with van der Waals surface area (Å²) in [6.45, 7) is 0.639. The smallest absolute Gasteiger partial charge is 0.322 e. The Bertz CT molecular complexity index is 913. The summed E-state index contributed by atoms with van der Waals surface area (Å²) in [4.78, 5) is 18.9. The zero-order valence-corrected chi connectivity index (χ0v) is 14.7. The predicted octanol–water partition coefficient (Wildman–Crippen LogP) is 4.76. The van der Waals surface area contributed by atoms with E-state index in [0.717, 1.165) is 18.4 Å². The zero-order chi connectivity index (χ0) is 17.9. The number of carbonyl (C=O) groups excluding carboxylic acids is 1. The maximum absolute atomic E-state index is 12.7. The lowest BCUT2D eigenvalue weighted by molar-refractivity contribution is 0.193. The molecule has 1 unspecified atom stereocenters. The molecule has 1 N–H and O–H groups in total. The normalized spacial score (nSPS) is 16.7. The third kappa shape index (κ3) is 3.41. The number of amides is 2. The molecule has 4 rings (SSSR count). The second-order valence-electron chi connectivity index (χ2n) is 6.11. The van der Waals surface area contributed by atoms with Crippen LogP contribution in [0.15, 0.2) is 59.1 Å². The summed E-state index contributed by atoms with van der Waals surface area (Å²) in [5.74, 6) is 0.991. The molecule has 0 aliphatic carbocycles. The van der Waals surface area contributed by atoms with E-state index in [4.69, 9.17) is 16.1 Å². The van der Waals surface area contributed by atoms with Crippen molar-refractivity contribution in [3.05, 3.63) is 65.5 Å². The van der Waals surface area contributed by atoms with Crippen LogP contribution in [-0.2, 0) is 0 Å². The van der Waals surface area contributed by atoms with E-state index in [1.807, 2.05) is 30.3 Å². The molecular formula is C19H17ClN4O2. The predicted molar refractivity (Wildman–Crippen MR) is 98.9 cm³/mol. The molecule has 26 heavy (non-hydrogen) atoms. The van der Waals surface area contributed by atoms with Gasteiger partial charge in [0, 0.05) is 22.8 Å². The van der Waals surface area contributed by atoms with Crippen molar-refractivity contribution in [1.29, 1.82) is 0 Å². The first kappa shape index (κ1) is 16.6. The van der Waals surface area contributed by atoms with E-state index < -0.39 is 0 Å². The molecule has 2 amide bonds. The molecule has 6 nitrogen and oxygen atoms in total. The van der Waals surface area contributed by atoms with Gasteiger partial charge in [0.1, 0.15) is 6.04 Å². The number of likely N-dealkylation sites (tertiary alicyclic amines) is 1. The molecule has 1 fully saturated rings. The highest BCUT2D eigenvalue weighted by atomic mass is 35.5. The molecule has 7 heteroatoms. The van der Waals surface area contributed by atoms with Crippen LogP contribution in [0.4, 0.5) is 10.5 Å². The molecule has 0 spiro atoms. The van der Waals surface area contributed by atoms with E-state index in [1.165, 1.54) is 0 Å². The number of urea groups is 1. The molecule has 1 atom stereocenters. The van der Waals surface area contributed by atoms with Gasteiger partial charge in [-0.1, -0.05) is 53.2 Å². The summed E-state index contributed by atoms with van der Waals surface area (Å²) in [6.07, 6.45) is 1.68. The quantitative estimate of drug-likeness (QED) is 0.723. The molecule has 2 heterocycles. The van der Waals surface area contributed by atoms with Gasteiger partial charge in [-0.25, -0.2) is 4.79 Å². The van der Waals surface area contributed by atoms with Gasteiger partial charge >= 0.3 is 6.03 Å². The zero-order valence-electron chi connectivity index (χ0n) is 13.9. The maximum Gasteiger partial charge on any atom is 0.322 e. The summed E-state index contributed by atoms with van der Waals surface area (Å²) in [6, 6.07) is 16.3. The Labute approximate surface area is 155 Å². The van der Waals surface area contributed by atoms with Crippen LogP contribution in [0.25, 0.3) is 11.4 Å². The maximum atomic E-state index is 12.7. The molecule has 0 saturated carbocycles. The van der Waals surface area contributed by atoms with E-state index in [0.29, 0.717) is 29.0 Å². The fourth-order valence-electron chi connectivity index (χ4n) is 3.10. The summed E-state index contributed by atoms with van der Waals surface area (Å²) in [5, 5.41) is 7.51. The number of nitrogens with zero attached hydrogens (tertiary/aromatic N) is 3. The van der Waals surface area contributed by atoms with Gasteiger partial charge < -0.3 is 14.7 Å². The second kappa shape index (κ2) is 7.17. The van der Waals surface area contributed by atoms with Crippen molar-refractivity contribution in [3.63, 3.8) is 0 Å². The fourth-order valence-corrected chi connectivity index (χ4v) is 3.29. The molecule has 1 saturated heterocycles. The average molecular weight is 369 g/mol. The van der Waals surface area contributed by atoms with E-state index >= 15 is 0 Å². The van der Waals surface area contributed by atoms with Gasteiger partial charge in [-0.15, -0.1) is 0 Å². The third-order valence-corrected chi connectivity index (χ3v) is 4.58. The molecule has 1 aromatic heterocycles. The minimum absolute atomic E-state index is 0.200. The molecule has 1 aliphatic heterocycles. The highest BCUT2D eigenvalue weighted by molar-refractivity contribution is 6.30. The lowest BCUT2D eigenvalue weighted by Gasteiger charge is -2.22. The van der Waals surface area contributed by atoms with E-state index in [1.54, 1.807) is 29.2 Å². The monoisotopic (exact) mass is 368 g/mol. The first-order chi connectivity index (χ1) is 12.7. The Morgan fingerprint density at radius 1 is 1.19 bits per heavy atom. The van der Waals surface area contributed by atoms with Gasteiger partial charge in [-0.05, 0) is 31.0 Å². The first-order valence-electron chi connectivity index (χ1n) is 8.43. The number of anilines is 1. The molecule has 132 valence electrons. The Balaban J connectivity index is 1.51. The van der Waals surface area contributed by atoms with Gasteiger partial charge in [0.2, 0.25) is 11.7 Å². The van der Waals surface area contributed by atoms with Gasteiger partial charge in [0.25, 0.3) is 0 Å². The van der Waals surface area contributed by atoms with Crippen LogP contribution in [0.3, 0.4) is 0 Å². The van der Waals surface area contributed by atoms with Crippen LogP contribution in [0, 0.1) is 0 Å². The molecule has 1 aliphatic rings. The van der Waals surface area contributed by atoms with Gasteiger partial charge in [0.05, 0.1) is 0 Å². The third-order valence-electron chi connectivity index (χ3n) is 4.35. The minimum Gasteiger partial charge on any atom is -0.337 e. The van der Waals surface area contributed by atoms with Crippen LogP contribution in [0.1, 0.15) is 24.8 Å². The van der Waals surface area contributed by atoms with Crippen molar-refractivity contribution in [2.75, 3.05) is 11.9 Å². The van der Waals surface area contributed by atoms with E-state index in [-0.39, 0.29) is 12.1 Å². The molecule has 0 radical (unpaired) electrons. The number of hydrogen-bond donors (Lipinski definition) is 1. The number of benzene rings is 2. The second-order valence-corrected chi connectivity index (χ2v) is 6.55. The molecule has 0 bridgehead atoms. The molecular weight excluding hydrogens is 352 g/mol. The van der Waals surface area contributed by atoms with Crippen molar-refractivity contribution >= 4 is 23.3 Å². The van der Waals surface area contributed by atoms with E-state index in [9.17, 15) is 4.79 Å². The largest absolute Gasteiger partial charge is 0.337 e. The first-order valence-corrected chi connectivity index (χ1v) is 8.81. The number of carbonyl (C=O) groups is 1. The molecule has 3 aromatic rings. The number of aromatic nitrogens is 2. The van der Waals surface area contributed by atoms with Crippen molar-refractivity contribution in [1.82, 2.24) is 15.0 Å². The highest BCUT2D eigenvalue weighted by Gasteiger charge is 2.34. The number of nitrogens with one attached hydrogen (secondary N) is 1. The molecule has 2 aromatic carbocycles. The summed E-state index contributed by atoms with van der Waals surface area (Å²) >= 11 is 5.98. The SMILES string of the molecule is O=C(Nc1cccc(Cl)c1)N1CCCC1c1nc(-c2ccccc2)no1. The lowest BCUT2D eigenvalue weighted by atomic mass is 10.2. The van der Waals surface area contributed by atoms with Gasteiger partial charge in [-0.3, -0.25) is 0 Å². The Morgan fingerprint density at radius 2 is 2.04 bits per heavy atom. The number of rotatable bonds is 3. The summed E-state index contributed by atoms with van der Waals surface area (Å²) in [5.41, 5.74) is 1.54. The van der Waals surface area contributed by atoms with E-state index in [2.05, 4.69) is 15.5 Å². The average Bonchev–Trinajstić information content (AvgIpc) is 3.32. The number of hydrogen-bond acceptors (Lipinski definition) is 4. The van der Waals surface area contributed by atoms with Crippen molar-refractivity contribution < 1.29 is 9.32 Å².